The molecule has 0 N–H and O–H groups in total. The van der Waals surface area contributed by atoms with Crippen LogP contribution in [0.1, 0.15) is 49.9 Å². The van der Waals surface area contributed by atoms with Crippen LogP contribution < -0.4 is 0 Å². The van der Waals surface area contributed by atoms with Crippen LogP contribution in [0.4, 0.5) is 4.39 Å². The Bertz CT molecular complexity index is 1070. The molecule has 2 aliphatic rings. The van der Waals surface area contributed by atoms with Gasteiger partial charge in [-0.3, -0.25) is 4.79 Å². The van der Waals surface area contributed by atoms with Gasteiger partial charge in [0.1, 0.15) is 11.6 Å². The van der Waals surface area contributed by atoms with E-state index in [1.807, 2.05) is 16.5 Å². The number of amides is 1. The first kappa shape index (κ1) is 24.2. The maximum Gasteiger partial charge on any atom is 0.233 e. The highest BCUT2D eigenvalue weighted by molar-refractivity contribution is 7.99. The Morgan fingerprint density at radius 1 is 1.15 bits per heavy atom. The summed E-state index contributed by atoms with van der Waals surface area (Å²) in [5, 5.41) is 9.16. The van der Waals surface area contributed by atoms with Crippen molar-refractivity contribution < 1.29 is 17.6 Å². The summed E-state index contributed by atoms with van der Waals surface area (Å²) in [5.74, 6) is 1.30. The third kappa shape index (κ3) is 6.35. The van der Waals surface area contributed by atoms with E-state index in [0.717, 1.165) is 37.1 Å². The average molecular weight is 495 g/mol. The number of halogens is 1. The lowest BCUT2D eigenvalue weighted by Gasteiger charge is -2.34. The molecular weight excluding hydrogens is 463 g/mol. The monoisotopic (exact) mass is 494 g/mol. The van der Waals surface area contributed by atoms with Gasteiger partial charge in [0.05, 0.1) is 17.3 Å². The molecule has 10 heteroatoms. The number of benzene rings is 1. The molecule has 1 aliphatic carbocycles. The van der Waals surface area contributed by atoms with E-state index < -0.39 is 9.84 Å². The zero-order valence-electron chi connectivity index (χ0n) is 19.0. The number of aromatic nitrogens is 3. The van der Waals surface area contributed by atoms with Crippen LogP contribution in [0.15, 0.2) is 29.4 Å². The second kappa shape index (κ2) is 10.5. The predicted octanol–water partition coefficient (Wildman–Crippen LogP) is 3.39. The minimum atomic E-state index is -2.93. The quantitative estimate of drug-likeness (QED) is 0.523. The van der Waals surface area contributed by atoms with E-state index in [1.54, 1.807) is 12.1 Å². The molecule has 0 radical (unpaired) electrons. The molecule has 4 rings (SSSR count). The topological polar surface area (TPSA) is 85.2 Å². The molecule has 1 amide bonds. The normalized spacial score (nSPS) is 20.7. The average Bonchev–Trinajstić information content (AvgIpc) is 3.33. The van der Waals surface area contributed by atoms with Crippen molar-refractivity contribution in [1.82, 2.24) is 19.7 Å². The van der Waals surface area contributed by atoms with Crippen molar-refractivity contribution in [2.45, 2.75) is 62.7 Å². The second-order valence-corrected chi connectivity index (χ2v) is 12.3. The molecular formula is C23H31FN4O3S2. The zero-order chi connectivity index (χ0) is 23.4. The van der Waals surface area contributed by atoms with E-state index in [2.05, 4.69) is 10.2 Å². The highest BCUT2D eigenvalue weighted by Crippen LogP contribution is 2.27. The fraction of sp³-hybridized carbons (Fsp3) is 0.609. The zero-order valence-corrected chi connectivity index (χ0v) is 20.6. The Morgan fingerprint density at radius 3 is 2.55 bits per heavy atom. The summed E-state index contributed by atoms with van der Waals surface area (Å²) in [6.45, 7) is 0.477. The lowest BCUT2D eigenvalue weighted by atomic mass is 9.94. The van der Waals surface area contributed by atoms with Crippen molar-refractivity contribution >= 4 is 27.5 Å². The second-order valence-electron chi connectivity index (χ2n) is 9.16. The fourth-order valence-corrected chi connectivity index (χ4v) is 7.43. The van der Waals surface area contributed by atoms with Crippen molar-refractivity contribution in [2.24, 2.45) is 13.0 Å². The number of nitrogens with zero attached hydrogens (tertiary/aromatic N) is 4. The highest BCUT2D eigenvalue weighted by atomic mass is 32.2. The third-order valence-corrected chi connectivity index (χ3v) is 9.49. The van der Waals surface area contributed by atoms with Gasteiger partial charge in [-0.15, -0.1) is 10.2 Å². The number of hydrogen-bond acceptors (Lipinski definition) is 6. The SMILES string of the molecule is Cn1c(C[C@@H]2CCS(=O)(=O)C2)nnc1SCC(=O)N(Cc1ccc(F)cc1)C1CCCCC1. The van der Waals surface area contributed by atoms with Gasteiger partial charge in [0, 0.05) is 26.1 Å². The molecule has 2 fully saturated rings. The van der Waals surface area contributed by atoms with Crippen molar-refractivity contribution in [3.8, 4) is 0 Å². The first-order chi connectivity index (χ1) is 15.8. The Labute approximate surface area is 199 Å². The number of thioether (sulfide) groups is 1. The van der Waals surface area contributed by atoms with Crippen molar-refractivity contribution in [2.75, 3.05) is 17.3 Å². The predicted molar refractivity (Wildman–Crippen MR) is 126 cm³/mol. The van der Waals surface area contributed by atoms with Gasteiger partial charge >= 0.3 is 0 Å². The third-order valence-electron chi connectivity index (χ3n) is 6.65. The van der Waals surface area contributed by atoms with Gasteiger partial charge < -0.3 is 9.47 Å². The first-order valence-corrected chi connectivity index (χ1v) is 14.4. The highest BCUT2D eigenvalue weighted by Gasteiger charge is 2.30. The molecule has 0 spiro atoms. The van der Waals surface area contributed by atoms with Crippen molar-refractivity contribution in [1.29, 1.82) is 0 Å². The molecule has 33 heavy (non-hydrogen) atoms. The Hall–Kier alpha value is -1.94. The summed E-state index contributed by atoms with van der Waals surface area (Å²) in [7, 11) is -1.06. The Morgan fingerprint density at radius 2 is 1.88 bits per heavy atom. The first-order valence-electron chi connectivity index (χ1n) is 11.6. The molecule has 1 aromatic carbocycles. The van der Waals surface area contributed by atoms with Gasteiger partial charge in [0.2, 0.25) is 5.91 Å². The van der Waals surface area contributed by atoms with E-state index in [0.29, 0.717) is 24.5 Å². The maximum atomic E-state index is 13.3. The van der Waals surface area contributed by atoms with Crippen LogP contribution in [0, 0.1) is 11.7 Å². The van der Waals surface area contributed by atoms with Gasteiger partial charge in [0.15, 0.2) is 15.0 Å². The number of rotatable bonds is 8. The van der Waals surface area contributed by atoms with Crippen LogP contribution in [0.5, 0.6) is 0 Å². The fourth-order valence-electron chi connectivity index (χ4n) is 4.75. The lowest BCUT2D eigenvalue weighted by molar-refractivity contribution is -0.132. The number of carbonyl (C=O) groups is 1. The van der Waals surface area contributed by atoms with Crippen LogP contribution in [0.25, 0.3) is 0 Å². The van der Waals surface area contributed by atoms with Crippen LogP contribution >= 0.6 is 11.8 Å². The van der Waals surface area contributed by atoms with Gasteiger partial charge in [0.25, 0.3) is 0 Å². The van der Waals surface area contributed by atoms with E-state index in [9.17, 15) is 17.6 Å². The van der Waals surface area contributed by atoms with Gasteiger partial charge in [-0.05, 0) is 42.9 Å². The summed E-state index contributed by atoms with van der Waals surface area (Å²) in [5.41, 5.74) is 0.924. The minimum absolute atomic E-state index is 0.0441. The molecule has 1 aromatic heterocycles. The van der Waals surface area contributed by atoms with Gasteiger partial charge in [-0.1, -0.05) is 43.2 Å². The minimum Gasteiger partial charge on any atom is -0.335 e. The largest absolute Gasteiger partial charge is 0.335 e. The summed E-state index contributed by atoms with van der Waals surface area (Å²) < 4.78 is 38.7. The number of carbonyl (C=O) groups excluding carboxylic acids is 1. The van der Waals surface area contributed by atoms with E-state index >= 15 is 0 Å². The van der Waals surface area contributed by atoms with Gasteiger partial charge in [-0.2, -0.15) is 0 Å². The molecule has 0 bridgehead atoms. The summed E-state index contributed by atoms with van der Waals surface area (Å²) in [4.78, 5) is 15.2. The Kier molecular flexibility index (Phi) is 7.73. The van der Waals surface area contributed by atoms with Crippen LogP contribution in [0.2, 0.25) is 0 Å². The summed E-state index contributed by atoms with van der Waals surface area (Å²) in [6.07, 6.45) is 6.68. The molecule has 2 heterocycles. The smallest absolute Gasteiger partial charge is 0.233 e. The molecule has 1 atom stereocenters. The standard InChI is InChI=1S/C23H31FN4O3S2/c1-27-21(13-18-11-12-33(30,31)16-18)25-26-23(27)32-15-22(29)28(20-5-3-2-4-6-20)14-17-7-9-19(24)10-8-17/h7-10,18,20H,2-6,11-16H2,1H3/t18-/m0/s1. The van der Waals surface area contributed by atoms with E-state index in [4.69, 9.17) is 0 Å². The number of hydrogen-bond donors (Lipinski definition) is 0. The summed E-state index contributed by atoms with van der Waals surface area (Å²) in [6, 6.07) is 6.55. The van der Waals surface area contributed by atoms with E-state index in [1.165, 1.54) is 30.3 Å². The molecule has 180 valence electrons. The van der Waals surface area contributed by atoms with Crippen molar-refractivity contribution in [3.05, 3.63) is 41.5 Å². The lowest BCUT2D eigenvalue weighted by Crippen LogP contribution is -2.42. The molecule has 1 saturated heterocycles. The molecule has 7 nitrogen and oxygen atoms in total. The van der Waals surface area contributed by atoms with E-state index in [-0.39, 0.29) is 40.9 Å². The van der Waals surface area contributed by atoms with Gasteiger partial charge in [-0.25, -0.2) is 12.8 Å². The molecule has 0 unspecified atom stereocenters. The summed E-state index contributed by atoms with van der Waals surface area (Å²) >= 11 is 1.36. The molecule has 1 saturated carbocycles. The van der Waals surface area contributed by atoms with Crippen LogP contribution in [-0.4, -0.2) is 57.3 Å². The van der Waals surface area contributed by atoms with Crippen LogP contribution in [-0.2, 0) is 34.6 Å². The number of sulfone groups is 1. The Balaban J connectivity index is 1.39. The molecule has 2 aromatic rings. The van der Waals surface area contributed by atoms with Crippen LogP contribution in [0.3, 0.4) is 0 Å². The maximum absolute atomic E-state index is 13.3. The molecule has 1 aliphatic heterocycles. The van der Waals surface area contributed by atoms with Crippen molar-refractivity contribution in [3.63, 3.8) is 0 Å².